The summed E-state index contributed by atoms with van der Waals surface area (Å²) < 4.78 is 0. The molecule has 4 rings (SSSR count). The van der Waals surface area contributed by atoms with Crippen molar-refractivity contribution in [3.05, 3.63) is 95.1 Å². The topological polar surface area (TPSA) is 49.4 Å². The van der Waals surface area contributed by atoms with Gasteiger partial charge in [-0.1, -0.05) is 49.7 Å². The van der Waals surface area contributed by atoms with Crippen molar-refractivity contribution >= 4 is 23.2 Å². The Morgan fingerprint density at radius 3 is 2.43 bits per heavy atom. The highest BCUT2D eigenvalue weighted by molar-refractivity contribution is 6.08. The standard InChI is InChI=1S/C26H26N2O2/c1-2-7-19-11-13-21(14-12-19)25(29)27-23-16-15-20-10-6-17-28(24(20)18-23)26(30)22-8-4-3-5-9-22/h3-5,8-9,11-16,18H,2,6-7,10,17H2,1H3,(H,27,29). The molecule has 1 aliphatic rings. The van der Waals surface area contributed by atoms with Crippen LogP contribution in [-0.2, 0) is 12.8 Å². The Labute approximate surface area is 177 Å². The zero-order valence-corrected chi connectivity index (χ0v) is 17.2. The van der Waals surface area contributed by atoms with Crippen LogP contribution in [0.3, 0.4) is 0 Å². The minimum atomic E-state index is -0.144. The van der Waals surface area contributed by atoms with Crippen molar-refractivity contribution in [2.24, 2.45) is 0 Å². The van der Waals surface area contributed by atoms with Gasteiger partial charge in [0.2, 0.25) is 0 Å². The highest BCUT2D eigenvalue weighted by Gasteiger charge is 2.24. The predicted octanol–water partition coefficient (Wildman–Crippen LogP) is 5.48. The molecule has 0 saturated heterocycles. The van der Waals surface area contributed by atoms with Gasteiger partial charge in [-0.25, -0.2) is 0 Å². The van der Waals surface area contributed by atoms with E-state index in [1.165, 1.54) is 5.56 Å². The monoisotopic (exact) mass is 398 g/mol. The molecule has 0 aromatic heterocycles. The number of nitrogens with zero attached hydrogens (tertiary/aromatic N) is 1. The van der Waals surface area contributed by atoms with Gasteiger partial charge in [-0.2, -0.15) is 0 Å². The molecule has 1 N–H and O–H groups in total. The molecule has 3 aromatic carbocycles. The Kier molecular flexibility index (Phi) is 5.94. The van der Waals surface area contributed by atoms with Gasteiger partial charge in [-0.05, 0) is 66.8 Å². The highest BCUT2D eigenvalue weighted by Crippen LogP contribution is 2.31. The van der Waals surface area contributed by atoms with E-state index in [1.807, 2.05) is 77.7 Å². The lowest BCUT2D eigenvalue weighted by Gasteiger charge is -2.30. The maximum atomic E-state index is 13.0. The molecule has 4 heteroatoms. The van der Waals surface area contributed by atoms with Crippen LogP contribution in [0.5, 0.6) is 0 Å². The first kappa shape index (κ1) is 19.9. The summed E-state index contributed by atoms with van der Waals surface area (Å²) in [4.78, 5) is 27.6. The fraction of sp³-hybridized carbons (Fsp3) is 0.231. The van der Waals surface area contributed by atoms with Crippen LogP contribution in [0.4, 0.5) is 11.4 Å². The zero-order chi connectivity index (χ0) is 20.9. The number of benzene rings is 3. The van der Waals surface area contributed by atoms with E-state index in [-0.39, 0.29) is 11.8 Å². The number of hydrogen-bond donors (Lipinski definition) is 1. The second kappa shape index (κ2) is 8.95. The van der Waals surface area contributed by atoms with Crippen molar-refractivity contribution in [1.29, 1.82) is 0 Å². The molecule has 0 radical (unpaired) electrons. The van der Waals surface area contributed by atoms with E-state index in [1.54, 1.807) is 0 Å². The number of rotatable bonds is 5. The maximum absolute atomic E-state index is 13.0. The number of carbonyl (C=O) groups excluding carboxylic acids is 2. The van der Waals surface area contributed by atoms with Crippen LogP contribution in [0.15, 0.2) is 72.8 Å². The van der Waals surface area contributed by atoms with Crippen molar-refractivity contribution < 1.29 is 9.59 Å². The summed E-state index contributed by atoms with van der Waals surface area (Å²) in [6.07, 6.45) is 3.96. The summed E-state index contributed by atoms with van der Waals surface area (Å²) >= 11 is 0. The molecule has 0 fully saturated rings. The van der Waals surface area contributed by atoms with Gasteiger partial charge in [0.1, 0.15) is 0 Å². The molecule has 0 saturated carbocycles. The highest BCUT2D eigenvalue weighted by atomic mass is 16.2. The average molecular weight is 399 g/mol. The fourth-order valence-corrected chi connectivity index (χ4v) is 3.91. The summed E-state index contributed by atoms with van der Waals surface area (Å²) in [5.41, 5.74) is 5.25. The third-order valence-corrected chi connectivity index (χ3v) is 5.48. The van der Waals surface area contributed by atoms with Gasteiger partial charge in [0, 0.05) is 29.0 Å². The molecule has 1 aliphatic heterocycles. The Morgan fingerprint density at radius 1 is 0.933 bits per heavy atom. The molecule has 0 bridgehead atoms. The predicted molar refractivity (Wildman–Crippen MR) is 121 cm³/mol. The van der Waals surface area contributed by atoms with E-state index < -0.39 is 0 Å². The summed E-state index contributed by atoms with van der Waals surface area (Å²) in [6, 6.07) is 22.9. The Bertz CT molecular complexity index is 1040. The smallest absolute Gasteiger partial charge is 0.258 e. The van der Waals surface area contributed by atoms with Crippen molar-refractivity contribution in [3.8, 4) is 0 Å². The number of anilines is 2. The van der Waals surface area contributed by atoms with Crippen molar-refractivity contribution in [3.63, 3.8) is 0 Å². The average Bonchev–Trinajstić information content (AvgIpc) is 2.79. The largest absolute Gasteiger partial charge is 0.322 e. The first-order valence-electron chi connectivity index (χ1n) is 10.6. The second-order valence-corrected chi connectivity index (χ2v) is 7.67. The number of nitrogens with one attached hydrogen (secondary N) is 1. The Morgan fingerprint density at radius 2 is 1.70 bits per heavy atom. The van der Waals surface area contributed by atoms with Gasteiger partial charge in [0.25, 0.3) is 11.8 Å². The number of fused-ring (bicyclic) bond motifs is 1. The van der Waals surface area contributed by atoms with E-state index in [9.17, 15) is 9.59 Å². The van der Waals surface area contributed by atoms with E-state index in [0.29, 0.717) is 23.4 Å². The van der Waals surface area contributed by atoms with Gasteiger partial charge in [0.15, 0.2) is 0 Å². The molecule has 0 spiro atoms. The van der Waals surface area contributed by atoms with Crippen LogP contribution in [0.2, 0.25) is 0 Å². The zero-order valence-electron chi connectivity index (χ0n) is 17.2. The number of carbonyl (C=O) groups is 2. The SMILES string of the molecule is CCCc1ccc(C(=O)Nc2ccc3c(c2)N(C(=O)c2ccccc2)CCC3)cc1. The van der Waals surface area contributed by atoms with Crippen molar-refractivity contribution in [1.82, 2.24) is 0 Å². The summed E-state index contributed by atoms with van der Waals surface area (Å²) in [7, 11) is 0. The van der Waals surface area contributed by atoms with Crippen LogP contribution >= 0.6 is 0 Å². The summed E-state index contributed by atoms with van der Waals surface area (Å²) in [5, 5.41) is 2.98. The normalized spacial score (nSPS) is 12.9. The van der Waals surface area contributed by atoms with Crippen LogP contribution < -0.4 is 10.2 Å². The molecule has 1 heterocycles. The number of amides is 2. The maximum Gasteiger partial charge on any atom is 0.258 e. The minimum Gasteiger partial charge on any atom is -0.322 e. The molecule has 2 amide bonds. The van der Waals surface area contributed by atoms with Crippen LogP contribution in [0, 0.1) is 0 Å². The lowest BCUT2D eigenvalue weighted by atomic mass is 10.00. The fourth-order valence-electron chi connectivity index (χ4n) is 3.91. The van der Waals surface area contributed by atoms with Gasteiger partial charge >= 0.3 is 0 Å². The van der Waals surface area contributed by atoms with E-state index in [2.05, 4.69) is 12.2 Å². The van der Waals surface area contributed by atoms with Gasteiger partial charge < -0.3 is 10.2 Å². The van der Waals surface area contributed by atoms with Crippen molar-refractivity contribution in [2.45, 2.75) is 32.6 Å². The molecule has 0 unspecified atom stereocenters. The lowest BCUT2D eigenvalue weighted by molar-refractivity contribution is 0.0984. The Balaban J connectivity index is 1.55. The molecule has 0 aliphatic carbocycles. The van der Waals surface area contributed by atoms with Crippen LogP contribution in [-0.4, -0.2) is 18.4 Å². The van der Waals surface area contributed by atoms with Crippen LogP contribution in [0.25, 0.3) is 0 Å². The van der Waals surface area contributed by atoms with E-state index >= 15 is 0 Å². The van der Waals surface area contributed by atoms with Crippen molar-refractivity contribution in [2.75, 3.05) is 16.8 Å². The second-order valence-electron chi connectivity index (χ2n) is 7.67. The third-order valence-electron chi connectivity index (χ3n) is 5.48. The first-order chi connectivity index (χ1) is 14.7. The van der Waals surface area contributed by atoms with E-state index in [0.717, 1.165) is 36.9 Å². The van der Waals surface area contributed by atoms with E-state index in [4.69, 9.17) is 0 Å². The number of aryl methyl sites for hydroxylation is 2. The lowest BCUT2D eigenvalue weighted by Crippen LogP contribution is -2.35. The summed E-state index contributed by atoms with van der Waals surface area (Å²) in [5.74, 6) is -0.152. The third kappa shape index (κ3) is 4.28. The van der Waals surface area contributed by atoms with Gasteiger partial charge in [0.05, 0.1) is 0 Å². The molecule has 3 aromatic rings. The molecule has 4 nitrogen and oxygen atoms in total. The molecule has 30 heavy (non-hydrogen) atoms. The first-order valence-corrected chi connectivity index (χ1v) is 10.6. The molecular weight excluding hydrogens is 372 g/mol. The van der Waals surface area contributed by atoms with Gasteiger partial charge in [-0.15, -0.1) is 0 Å². The minimum absolute atomic E-state index is 0.00783. The molecular formula is C26H26N2O2. The number of hydrogen-bond acceptors (Lipinski definition) is 2. The molecule has 152 valence electrons. The van der Waals surface area contributed by atoms with Gasteiger partial charge in [-0.3, -0.25) is 9.59 Å². The molecule has 0 atom stereocenters. The Hall–Kier alpha value is -3.40. The summed E-state index contributed by atoms with van der Waals surface area (Å²) in [6.45, 7) is 2.82. The quantitative estimate of drug-likeness (QED) is 0.618. The van der Waals surface area contributed by atoms with Crippen LogP contribution in [0.1, 0.15) is 51.6 Å².